The Hall–Kier alpha value is -4.58. The second kappa shape index (κ2) is 9.47. The molecule has 1 atom stereocenters. The van der Waals surface area contributed by atoms with Crippen molar-refractivity contribution in [3.63, 3.8) is 0 Å². The lowest BCUT2D eigenvalue weighted by Gasteiger charge is -2.31. The number of benzene rings is 3. The van der Waals surface area contributed by atoms with Crippen LogP contribution in [0.3, 0.4) is 0 Å². The van der Waals surface area contributed by atoms with Gasteiger partial charge in [-0.2, -0.15) is 5.10 Å². The Balaban J connectivity index is 1.53. The molecule has 1 aliphatic rings. The number of anilines is 1. The smallest absolute Gasteiger partial charge is 0.308 e. The van der Waals surface area contributed by atoms with Gasteiger partial charge in [-0.05, 0) is 54.8 Å². The molecule has 0 aliphatic carbocycles. The molecule has 1 aliphatic heterocycles. The van der Waals surface area contributed by atoms with Crippen LogP contribution >= 0.6 is 0 Å². The predicted molar refractivity (Wildman–Crippen MR) is 146 cm³/mol. The van der Waals surface area contributed by atoms with E-state index < -0.39 is 0 Å². The molecule has 0 fully saturated rings. The van der Waals surface area contributed by atoms with Crippen LogP contribution in [0.5, 0.6) is 0 Å². The quantitative estimate of drug-likeness (QED) is 0.308. The fourth-order valence-electron chi connectivity index (χ4n) is 5.27. The van der Waals surface area contributed by atoms with Gasteiger partial charge in [0, 0.05) is 17.4 Å². The second-order valence-electron chi connectivity index (χ2n) is 9.32. The van der Waals surface area contributed by atoms with Gasteiger partial charge in [0.2, 0.25) is 0 Å². The van der Waals surface area contributed by atoms with Gasteiger partial charge in [0.05, 0.1) is 29.7 Å². The van der Waals surface area contributed by atoms with Crippen molar-refractivity contribution in [2.45, 2.75) is 32.9 Å². The van der Waals surface area contributed by atoms with Crippen molar-refractivity contribution in [1.29, 1.82) is 0 Å². The molecule has 2 amide bonds. The third-order valence-corrected chi connectivity index (χ3v) is 7.10. The summed E-state index contributed by atoms with van der Waals surface area (Å²) in [5, 5.41) is 8.14. The molecule has 3 aromatic carbocycles. The maximum atomic E-state index is 14.1. The summed E-state index contributed by atoms with van der Waals surface area (Å²) in [5.41, 5.74) is 6.94. The van der Waals surface area contributed by atoms with Crippen LogP contribution < -0.4 is 5.32 Å². The van der Waals surface area contributed by atoms with Crippen molar-refractivity contribution in [3.05, 3.63) is 131 Å². The first-order chi connectivity index (χ1) is 18.2. The average Bonchev–Trinajstić information content (AvgIpc) is 3.50. The van der Waals surface area contributed by atoms with Crippen LogP contribution in [0.25, 0.3) is 11.5 Å². The SMILES string of the molecule is CCc1ccccc1NC(=O)N1Cc2c(C)nn(-c3ccccc3)c2-n2cccc2[C@@H]1c1ccccc1. The Bertz CT molecular complexity index is 1550. The zero-order chi connectivity index (χ0) is 25.4. The number of aryl methyl sites for hydroxylation is 2. The summed E-state index contributed by atoms with van der Waals surface area (Å²) >= 11 is 0. The lowest BCUT2D eigenvalue weighted by Crippen LogP contribution is -2.38. The Kier molecular flexibility index (Phi) is 5.85. The third kappa shape index (κ3) is 4.00. The molecule has 6 heteroatoms. The van der Waals surface area contributed by atoms with Crippen LogP contribution in [0.2, 0.25) is 0 Å². The molecule has 1 N–H and O–H groups in total. The zero-order valence-corrected chi connectivity index (χ0v) is 21.0. The van der Waals surface area contributed by atoms with E-state index in [4.69, 9.17) is 5.10 Å². The number of amides is 2. The fraction of sp³-hybridized carbons (Fsp3) is 0.161. The molecule has 0 spiro atoms. The normalized spacial score (nSPS) is 14.5. The summed E-state index contributed by atoms with van der Waals surface area (Å²) < 4.78 is 4.18. The first-order valence-electron chi connectivity index (χ1n) is 12.7. The maximum absolute atomic E-state index is 14.1. The second-order valence-corrected chi connectivity index (χ2v) is 9.32. The minimum Gasteiger partial charge on any atom is -0.308 e. The van der Waals surface area contributed by atoms with Gasteiger partial charge in [0.25, 0.3) is 0 Å². The third-order valence-electron chi connectivity index (χ3n) is 7.10. The molecule has 0 unspecified atom stereocenters. The first-order valence-corrected chi connectivity index (χ1v) is 12.7. The van der Waals surface area contributed by atoms with E-state index in [1.165, 1.54) is 0 Å². The summed E-state index contributed by atoms with van der Waals surface area (Å²) in [5.74, 6) is 0.967. The van der Waals surface area contributed by atoms with Gasteiger partial charge in [-0.3, -0.25) is 0 Å². The molecule has 5 aromatic rings. The number of carbonyl (C=O) groups is 1. The molecule has 37 heavy (non-hydrogen) atoms. The first kappa shape index (κ1) is 22.9. The highest BCUT2D eigenvalue weighted by molar-refractivity contribution is 5.91. The van der Waals surface area contributed by atoms with E-state index in [2.05, 4.69) is 59.4 Å². The van der Waals surface area contributed by atoms with Crippen LogP contribution in [-0.4, -0.2) is 25.3 Å². The highest BCUT2D eigenvalue weighted by atomic mass is 16.2. The molecular formula is C31H29N5O. The van der Waals surface area contributed by atoms with E-state index in [9.17, 15) is 4.79 Å². The van der Waals surface area contributed by atoms with Gasteiger partial charge in [-0.15, -0.1) is 0 Å². The van der Waals surface area contributed by atoms with E-state index >= 15 is 0 Å². The van der Waals surface area contributed by atoms with Gasteiger partial charge in [-0.1, -0.05) is 73.7 Å². The van der Waals surface area contributed by atoms with Gasteiger partial charge < -0.3 is 14.8 Å². The van der Waals surface area contributed by atoms with Crippen LogP contribution in [0, 0.1) is 6.92 Å². The predicted octanol–water partition coefficient (Wildman–Crippen LogP) is 6.67. The van der Waals surface area contributed by atoms with Crippen molar-refractivity contribution < 1.29 is 4.79 Å². The Morgan fingerprint density at radius 3 is 2.38 bits per heavy atom. The Morgan fingerprint density at radius 1 is 0.919 bits per heavy atom. The van der Waals surface area contributed by atoms with Crippen molar-refractivity contribution in [1.82, 2.24) is 19.2 Å². The molecule has 6 nitrogen and oxygen atoms in total. The number of carbonyl (C=O) groups excluding carboxylic acids is 1. The highest BCUT2D eigenvalue weighted by Gasteiger charge is 2.36. The molecule has 0 radical (unpaired) electrons. The monoisotopic (exact) mass is 487 g/mol. The number of rotatable bonds is 4. The fourth-order valence-corrected chi connectivity index (χ4v) is 5.27. The van der Waals surface area contributed by atoms with E-state index in [1.54, 1.807) is 0 Å². The number of nitrogens with one attached hydrogen (secondary N) is 1. The van der Waals surface area contributed by atoms with E-state index in [0.29, 0.717) is 6.54 Å². The van der Waals surface area contributed by atoms with Crippen LogP contribution in [0.15, 0.2) is 103 Å². The van der Waals surface area contributed by atoms with E-state index in [1.807, 2.05) is 77.2 Å². The minimum absolute atomic E-state index is 0.137. The summed E-state index contributed by atoms with van der Waals surface area (Å²) in [6, 6.07) is 32.1. The minimum atomic E-state index is -0.277. The standard InChI is InChI=1S/C31H29N5O/c1-3-23-13-10-11-18-27(23)32-31(37)35-21-26-22(2)33-36(25-16-8-5-9-17-25)30(26)34-20-12-19-28(34)29(35)24-14-6-4-7-15-24/h4-20,29H,3,21H2,1-2H3,(H,32,37)/t29-/m0/s1. The van der Waals surface area contributed by atoms with Gasteiger partial charge in [0.15, 0.2) is 0 Å². The number of nitrogens with zero attached hydrogens (tertiary/aromatic N) is 4. The number of para-hydroxylation sites is 2. The van der Waals surface area contributed by atoms with Crippen molar-refractivity contribution in [3.8, 4) is 11.5 Å². The summed E-state index contributed by atoms with van der Waals surface area (Å²) in [6.07, 6.45) is 2.91. The molecule has 0 saturated heterocycles. The van der Waals surface area contributed by atoms with Gasteiger partial charge in [0.1, 0.15) is 5.82 Å². The number of aromatic nitrogens is 3. The maximum Gasteiger partial charge on any atom is 0.322 e. The lowest BCUT2D eigenvalue weighted by atomic mass is 10.0. The largest absolute Gasteiger partial charge is 0.322 e. The Labute approximate surface area is 216 Å². The van der Waals surface area contributed by atoms with E-state index in [0.717, 1.165) is 51.7 Å². The Morgan fingerprint density at radius 2 is 1.62 bits per heavy atom. The molecule has 184 valence electrons. The van der Waals surface area contributed by atoms with Crippen LogP contribution in [0.4, 0.5) is 10.5 Å². The van der Waals surface area contributed by atoms with Crippen LogP contribution in [-0.2, 0) is 13.0 Å². The number of fused-ring (bicyclic) bond motifs is 3. The van der Waals surface area contributed by atoms with E-state index in [-0.39, 0.29) is 12.1 Å². The summed E-state index contributed by atoms with van der Waals surface area (Å²) in [4.78, 5) is 16.0. The van der Waals surface area contributed by atoms with Crippen molar-refractivity contribution in [2.75, 3.05) is 5.32 Å². The topological polar surface area (TPSA) is 55.1 Å². The number of hydrogen-bond donors (Lipinski definition) is 1. The number of urea groups is 1. The zero-order valence-electron chi connectivity index (χ0n) is 21.0. The summed E-state index contributed by atoms with van der Waals surface area (Å²) in [6.45, 7) is 4.55. The molecular weight excluding hydrogens is 458 g/mol. The lowest BCUT2D eigenvalue weighted by molar-refractivity contribution is 0.194. The highest BCUT2D eigenvalue weighted by Crippen LogP contribution is 2.38. The van der Waals surface area contributed by atoms with Gasteiger partial charge >= 0.3 is 6.03 Å². The molecule has 6 rings (SSSR count). The summed E-state index contributed by atoms with van der Waals surface area (Å²) in [7, 11) is 0. The average molecular weight is 488 g/mol. The van der Waals surface area contributed by atoms with Gasteiger partial charge in [-0.25, -0.2) is 9.48 Å². The molecule has 0 bridgehead atoms. The molecule has 0 saturated carbocycles. The molecule has 3 heterocycles. The molecule has 2 aromatic heterocycles. The van der Waals surface area contributed by atoms with Crippen LogP contribution in [0.1, 0.15) is 41.0 Å². The van der Waals surface area contributed by atoms with Crippen molar-refractivity contribution >= 4 is 11.7 Å². The number of hydrogen-bond acceptors (Lipinski definition) is 2. The van der Waals surface area contributed by atoms with Crippen molar-refractivity contribution in [2.24, 2.45) is 0 Å².